The summed E-state index contributed by atoms with van der Waals surface area (Å²) in [4.78, 5) is 4.09. The van der Waals surface area contributed by atoms with E-state index in [0.717, 1.165) is 12.1 Å². The van der Waals surface area contributed by atoms with E-state index in [2.05, 4.69) is 10.3 Å². The minimum atomic E-state index is -4.46. The SMILES string of the molecule is CNc1cc(C(F)(F)F)cc(-c2ccc(F)cc2C)n1. The van der Waals surface area contributed by atoms with Crippen LogP contribution in [0, 0.1) is 12.7 Å². The summed E-state index contributed by atoms with van der Waals surface area (Å²) in [7, 11) is 1.49. The van der Waals surface area contributed by atoms with Crippen molar-refractivity contribution in [2.45, 2.75) is 13.1 Å². The lowest BCUT2D eigenvalue weighted by molar-refractivity contribution is -0.137. The zero-order valence-electron chi connectivity index (χ0n) is 10.8. The summed E-state index contributed by atoms with van der Waals surface area (Å²) < 4.78 is 51.6. The highest BCUT2D eigenvalue weighted by Crippen LogP contribution is 2.34. The van der Waals surface area contributed by atoms with Crippen LogP contribution in [0.4, 0.5) is 23.4 Å². The van der Waals surface area contributed by atoms with E-state index < -0.39 is 17.6 Å². The number of rotatable bonds is 2. The zero-order chi connectivity index (χ0) is 14.9. The molecule has 106 valence electrons. The second-order valence-corrected chi connectivity index (χ2v) is 4.33. The number of alkyl halides is 3. The molecule has 0 saturated heterocycles. The molecule has 0 radical (unpaired) electrons. The average molecular weight is 284 g/mol. The van der Waals surface area contributed by atoms with Crippen LogP contribution in [0.15, 0.2) is 30.3 Å². The molecule has 0 unspecified atom stereocenters. The van der Waals surface area contributed by atoms with Gasteiger partial charge >= 0.3 is 6.18 Å². The van der Waals surface area contributed by atoms with Crippen LogP contribution in [0.25, 0.3) is 11.3 Å². The summed E-state index contributed by atoms with van der Waals surface area (Å²) in [6.45, 7) is 1.62. The van der Waals surface area contributed by atoms with Crippen molar-refractivity contribution < 1.29 is 17.6 Å². The van der Waals surface area contributed by atoms with Crippen molar-refractivity contribution in [3.05, 3.63) is 47.3 Å². The van der Waals surface area contributed by atoms with Crippen LogP contribution < -0.4 is 5.32 Å². The van der Waals surface area contributed by atoms with Crippen molar-refractivity contribution >= 4 is 5.82 Å². The van der Waals surface area contributed by atoms with Crippen LogP contribution >= 0.6 is 0 Å². The maximum absolute atomic E-state index is 13.1. The third-order valence-corrected chi connectivity index (χ3v) is 2.87. The van der Waals surface area contributed by atoms with Crippen molar-refractivity contribution in [3.8, 4) is 11.3 Å². The molecule has 0 amide bonds. The number of aryl methyl sites for hydroxylation is 1. The molecule has 1 aromatic heterocycles. The van der Waals surface area contributed by atoms with E-state index in [-0.39, 0.29) is 11.5 Å². The topological polar surface area (TPSA) is 24.9 Å². The Bertz CT molecular complexity index is 636. The number of anilines is 1. The summed E-state index contributed by atoms with van der Waals surface area (Å²) in [5, 5.41) is 2.60. The molecule has 0 bridgehead atoms. The smallest absolute Gasteiger partial charge is 0.373 e. The number of nitrogens with one attached hydrogen (secondary N) is 1. The van der Waals surface area contributed by atoms with Crippen molar-refractivity contribution in [2.75, 3.05) is 12.4 Å². The Labute approximate surface area is 113 Å². The predicted molar refractivity (Wildman–Crippen MR) is 68.9 cm³/mol. The molecule has 0 spiro atoms. The Hall–Kier alpha value is -2.11. The Kier molecular flexibility index (Phi) is 3.65. The van der Waals surface area contributed by atoms with E-state index in [1.165, 1.54) is 25.2 Å². The fraction of sp³-hybridized carbons (Fsp3) is 0.214. The molecule has 1 heterocycles. The molecule has 1 aromatic carbocycles. The minimum absolute atomic E-state index is 0.110. The first-order chi connectivity index (χ1) is 9.31. The van der Waals surface area contributed by atoms with Gasteiger partial charge in [0, 0.05) is 12.6 Å². The summed E-state index contributed by atoms with van der Waals surface area (Å²) in [5.74, 6) is -0.328. The van der Waals surface area contributed by atoms with Gasteiger partial charge in [-0.15, -0.1) is 0 Å². The summed E-state index contributed by atoms with van der Waals surface area (Å²) in [6.07, 6.45) is -4.46. The molecule has 20 heavy (non-hydrogen) atoms. The lowest BCUT2D eigenvalue weighted by Gasteiger charge is -2.12. The number of benzene rings is 1. The first-order valence-electron chi connectivity index (χ1n) is 5.85. The van der Waals surface area contributed by atoms with Crippen molar-refractivity contribution in [3.63, 3.8) is 0 Å². The van der Waals surface area contributed by atoms with Gasteiger partial charge in [-0.3, -0.25) is 0 Å². The number of nitrogens with zero attached hydrogens (tertiary/aromatic N) is 1. The molecule has 0 atom stereocenters. The number of halogens is 4. The van der Waals surface area contributed by atoms with E-state index in [4.69, 9.17) is 0 Å². The Morgan fingerprint density at radius 2 is 1.80 bits per heavy atom. The van der Waals surface area contributed by atoms with Gasteiger partial charge in [0.1, 0.15) is 11.6 Å². The van der Waals surface area contributed by atoms with Crippen molar-refractivity contribution in [1.82, 2.24) is 4.98 Å². The van der Waals surface area contributed by atoms with E-state index in [0.29, 0.717) is 11.1 Å². The highest BCUT2D eigenvalue weighted by molar-refractivity contribution is 5.66. The average Bonchev–Trinajstić information content (AvgIpc) is 2.37. The molecule has 2 rings (SSSR count). The summed E-state index contributed by atoms with van der Waals surface area (Å²) >= 11 is 0. The summed E-state index contributed by atoms with van der Waals surface area (Å²) in [5.41, 5.74) is 0.352. The van der Waals surface area contributed by atoms with Crippen LogP contribution in [0.5, 0.6) is 0 Å². The van der Waals surface area contributed by atoms with Gasteiger partial charge in [0.05, 0.1) is 11.3 Å². The normalized spacial score (nSPS) is 11.5. The van der Waals surface area contributed by atoms with Crippen molar-refractivity contribution in [2.24, 2.45) is 0 Å². The second-order valence-electron chi connectivity index (χ2n) is 4.33. The molecule has 0 saturated carbocycles. The van der Waals surface area contributed by atoms with Gasteiger partial charge in [-0.05, 0) is 42.8 Å². The van der Waals surface area contributed by atoms with Crippen LogP contribution in [0.1, 0.15) is 11.1 Å². The van der Waals surface area contributed by atoms with E-state index in [1.54, 1.807) is 6.92 Å². The molecular weight excluding hydrogens is 272 g/mol. The number of hydrogen-bond donors (Lipinski definition) is 1. The lowest BCUT2D eigenvalue weighted by Crippen LogP contribution is -2.07. The lowest BCUT2D eigenvalue weighted by atomic mass is 10.0. The maximum Gasteiger partial charge on any atom is 0.416 e. The van der Waals surface area contributed by atoms with Crippen LogP contribution in [0.2, 0.25) is 0 Å². The molecule has 2 nitrogen and oxygen atoms in total. The molecule has 0 aliphatic rings. The largest absolute Gasteiger partial charge is 0.416 e. The number of aromatic nitrogens is 1. The first-order valence-corrected chi connectivity index (χ1v) is 5.85. The standard InChI is InChI=1S/C14H12F4N2/c1-8-5-10(15)3-4-11(8)12-6-9(14(16,17)18)7-13(19-2)20-12/h3-7H,1-2H3,(H,19,20). The van der Waals surface area contributed by atoms with Crippen molar-refractivity contribution in [1.29, 1.82) is 0 Å². The Morgan fingerprint density at radius 3 is 2.35 bits per heavy atom. The van der Waals surface area contributed by atoms with Gasteiger partial charge in [-0.2, -0.15) is 13.2 Å². The molecule has 6 heteroatoms. The van der Waals surface area contributed by atoms with E-state index >= 15 is 0 Å². The predicted octanol–water partition coefficient (Wildman–Crippen LogP) is 4.26. The second kappa shape index (κ2) is 5.11. The van der Waals surface area contributed by atoms with Gasteiger partial charge in [-0.1, -0.05) is 0 Å². The first kappa shape index (κ1) is 14.3. The zero-order valence-corrected chi connectivity index (χ0v) is 10.8. The molecule has 2 aromatic rings. The highest BCUT2D eigenvalue weighted by atomic mass is 19.4. The van der Waals surface area contributed by atoms with Crippen LogP contribution in [0.3, 0.4) is 0 Å². The fourth-order valence-electron chi connectivity index (χ4n) is 1.87. The van der Waals surface area contributed by atoms with E-state index in [1.807, 2.05) is 0 Å². The van der Waals surface area contributed by atoms with Gasteiger partial charge in [0.25, 0.3) is 0 Å². The molecule has 1 N–H and O–H groups in total. The molecule has 0 fully saturated rings. The quantitative estimate of drug-likeness (QED) is 0.834. The van der Waals surface area contributed by atoms with Crippen LogP contribution in [-0.4, -0.2) is 12.0 Å². The highest BCUT2D eigenvalue weighted by Gasteiger charge is 2.31. The fourth-order valence-corrected chi connectivity index (χ4v) is 1.87. The Morgan fingerprint density at radius 1 is 1.10 bits per heavy atom. The van der Waals surface area contributed by atoms with Crippen LogP contribution in [-0.2, 0) is 6.18 Å². The van der Waals surface area contributed by atoms with E-state index in [9.17, 15) is 17.6 Å². The Balaban J connectivity index is 2.61. The number of hydrogen-bond acceptors (Lipinski definition) is 2. The van der Waals surface area contributed by atoms with Gasteiger partial charge in [0.15, 0.2) is 0 Å². The van der Waals surface area contributed by atoms with Gasteiger partial charge < -0.3 is 5.32 Å². The number of pyridine rings is 1. The molecular formula is C14H12F4N2. The maximum atomic E-state index is 13.1. The minimum Gasteiger partial charge on any atom is -0.373 e. The third kappa shape index (κ3) is 2.89. The van der Waals surface area contributed by atoms with Gasteiger partial charge in [0.2, 0.25) is 0 Å². The molecule has 0 aliphatic carbocycles. The summed E-state index contributed by atoms with van der Waals surface area (Å²) in [6, 6.07) is 5.77. The van der Waals surface area contributed by atoms with Gasteiger partial charge in [-0.25, -0.2) is 9.37 Å². The molecule has 0 aliphatic heterocycles. The monoisotopic (exact) mass is 284 g/mol. The third-order valence-electron chi connectivity index (χ3n) is 2.87.